The maximum Gasteiger partial charge on any atom is 0.252 e. The van der Waals surface area contributed by atoms with Gasteiger partial charge in [-0.05, 0) is 35.8 Å². The van der Waals surface area contributed by atoms with Crippen LogP contribution in [0.15, 0.2) is 59.6 Å². The van der Waals surface area contributed by atoms with E-state index in [1.807, 2.05) is 31.2 Å². The first kappa shape index (κ1) is 18.1. The van der Waals surface area contributed by atoms with E-state index in [0.717, 1.165) is 11.1 Å². The Morgan fingerprint density at radius 2 is 2.19 bits per heavy atom. The molecule has 26 heavy (non-hydrogen) atoms. The number of carbonyl (C=O) groups excluding carboxylic acids is 1. The van der Waals surface area contributed by atoms with Crippen molar-refractivity contribution in [2.24, 2.45) is 5.41 Å². The molecule has 2 aromatic rings. The minimum atomic E-state index is -0.617. The van der Waals surface area contributed by atoms with Gasteiger partial charge in [0.15, 0.2) is 0 Å². The lowest BCUT2D eigenvalue weighted by atomic mass is 9.81. The quantitative estimate of drug-likeness (QED) is 0.853. The lowest BCUT2D eigenvalue weighted by Crippen LogP contribution is -2.35. The van der Waals surface area contributed by atoms with E-state index in [0.29, 0.717) is 13.0 Å². The molecule has 0 saturated heterocycles. The average molecular weight is 373 g/mol. The monoisotopic (exact) mass is 372 g/mol. The molecular weight excluding hydrogens is 355 g/mol. The summed E-state index contributed by atoms with van der Waals surface area (Å²) in [5.74, 6) is -1.03. The minimum Gasteiger partial charge on any atom is -0.351 e. The summed E-state index contributed by atoms with van der Waals surface area (Å²) in [6, 6.07) is 7.55. The summed E-state index contributed by atoms with van der Waals surface area (Å²) in [4.78, 5) is 26.3. The van der Waals surface area contributed by atoms with Crippen LogP contribution >= 0.6 is 11.6 Å². The summed E-state index contributed by atoms with van der Waals surface area (Å²) in [5.41, 5.74) is 1.51. The van der Waals surface area contributed by atoms with Crippen molar-refractivity contribution < 1.29 is 9.18 Å². The van der Waals surface area contributed by atoms with Gasteiger partial charge in [-0.2, -0.15) is 0 Å². The van der Waals surface area contributed by atoms with E-state index in [1.165, 1.54) is 18.2 Å². The van der Waals surface area contributed by atoms with Crippen LogP contribution in [0.4, 0.5) is 4.39 Å². The van der Waals surface area contributed by atoms with Crippen molar-refractivity contribution in [3.05, 3.63) is 87.1 Å². The first-order chi connectivity index (χ1) is 12.4. The number of rotatable bonds is 4. The molecule has 1 amide bonds. The number of nitrogens with one attached hydrogen (secondary N) is 2. The Hall–Kier alpha value is -2.66. The second-order valence-electron chi connectivity index (χ2n) is 6.58. The predicted molar refractivity (Wildman–Crippen MR) is 101 cm³/mol. The van der Waals surface area contributed by atoms with Crippen LogP contribution in [0.2, 0.25) is 5.02 Å². The van der Waals surface area contributed by atoms with Crippen molar-refractivity contribution >= 4 is 23.1 Å². The molecular formula is C20H18ClFN2O2. The topological polar surface area (TPSA) is 62.0 Å². The highest BCUT2D eigenvalue weighted by Crippen LogP contribution is 2.32. The zero-order chi connectivity index (χ0) is 18.7. The molecule has 2 N–H and O–H groups in total. The molecule has 1 unspecified atom stereocenters. The number of halogens is 2. The molecule has 0 fully saturated rings. The second kappa shape index (κ2) is 7.30. The van der Waals surface area contributed by atoms with Gasteiger partial charge in [0.05, 0.1) is 10.6 Å². The third-order valence-corrected chi connectivity index (χ3v) is 4.80. The van der Waals surface area contributed by atoms with E-state index in [4.69, 9.17) is 11.6 Å². The van der Waals surface area contributed by atoms with Crippen LogP contribution in [-0.4, -0.2) is 17.4 Å². The van der Waals surface area contributed by atoms with Crippen LogP contribution in [0, 0.1) is 11.2 Å². The van der Waals surface area contributed by atoms with Crippen LogP contribution in [0.3, 0.4) is 0 Å². The molecule has 3 rings (SSSR count). The summed E-state index contributed by atoms with van der Waals surface area (Å²) in [5, 5.41) is 2.64. The number of pyridine rings is 1. The van der Waals surface area contributed by atoms with Gasteiger partial charge >= 0.3 is 0 Å². The maximum atomic E-state index is 13.5. The molecule has 1 aliphatic rings. The van der Waals surface area contributed by atoms with Crippen LogP contribution in [-0.2, 0) is 0 Å². The highest BCUT2D eigenvalue weighted by Gasteiger charge is 2.24. The molecule has 0 spiro atoms. The molecule has 0 aliphatic heterocycles. The van der Waals surface area contributed by atoms with E-state index >= 15 is 0 Å². The number of H-pyrrole nitrogens is 1. The van der Waals surface area contributed by atoms with E-state index in [1.54, 1.807) is 12.3 Å². The van der Waals surface area contributed by atoms with Crippen molar-refractivity contribution in [3.63, 3.8) is 0 Å². The largest absolute Gasteiger partial charge is 0.351 e. The normalized spacial score (nSPS) is 19.1. The van der Waals surface area contributed by atoms with Gasteiger partial charge in [0.2, 0.25) is 5.56 Å². The Morgan fingerprint density at radius 3 is 2.88 bits per heavy atom. The third kappa shape index (κ3) is 3.94. The molecule has 0 bridgehead atoms. The van der Waals surface area contributed by atoms with Gasteiger partial charge in [-0.1, -0.05) is 42.8 Å². The van der Waals surface area contributed by atoms with Crippen molar-refractivity contribution in [3.8, 4) is 0 Å². The molecule has 1 heterocycles. The smallest absolute Gasteiger partial charge is 0.252 e. The Bertz CT molecular complexity index is 964. The predicted octanol–water partition coefficient (Wildman–Crippen LogP) is 3.95. The van der Waals surface area contributed by atoms with Gasteiger partial charge < -0.3 is 10.3 Å². The fraction of sp³-hybridized carbons (Fsp3) is 0.200. The third-order valence-electron chi connectivity index (χ3n) is 4.41. The van der Waals surface area contributed by atoms with E-state index < -0.39 is 11.7 Å². The van der Waals surface area contributed by atoms with E-state index in [-0.39, 0.29) is 21.6 Å². The van der Waals surface area contributed by atoms with Crippen molar-refractivity contribution in [2.75, 3.05) is 6.54 Å². The molecule has 0 radical (unpaired) electrons. The Morgan fingerprint density at radius 1 is 1.38 bits per heavy atom. The molecule has 6 heteroatoms. The lowest BCUT2D eigenvalue weighted by molar-refractivity contribution is 0.0941. The number of allylic oxidation sites excluding steroid dienone is 3. The Kier molecular flexibility index (Phi) is 5.09. The number of aromatic nitrogens is 1. The summed E-state index contributed by atoms with van der Waals surface area (Å²) in [7, 11) is 0. The molecule has 1 aromatic heterocycles. The molecule has 1 atom stereocenters. The number of hydrogen-bond acceptors (Lipinski definition) is 2. The van der Waals surface area contributed by atoms with Crippen LogP contribution < -0.4 is 10.9 Å². The number of hydrogen-bond donors (Lipinski definition) is 2. The average Bonchev–Trinajstić information content (AvgIpc) is 2.63. The summed E-state index contributed by atoms with van der Waals surface area (Å²) >= 11 is 5.86. The molecule has 0 saturated carbocycles. The van der Waals surface area contributed by atoms with Crippen molar-refractivity contribution in [2.45, 2.75) is 13.3 Å². The molecule has 134 valence electrons. The number of aromatic amines is 1. The first-order valence-electron chi connectivity index (χ1n) is 8.19. The van der Waals surface area contributed by atoms with Gasteiger partial charge in [0.1, 0.15) is 5.82 Å². The van der Waals surface area contributed by atoms with Crippen molar-refractivity contribution in [1.82, 2.24) is 10.3 Å². The van der Waals surface area contributed by atoms with E-state index in [2.05, 4.69) is 10.3 Å². The van der Waals surface area contributed by atoms with Gasteiger partial charge in [-0.15, -0.1) is 0 Å². The second-order valence-corrected chi connectivity index (χ2v) is 6.95. The summed E-state index contributed by atoms with van der Waals surface area (Å²) < 4.78 is 13.5. The SMILES string of the molecule is CC1(CNC(=O)c2cccc(F)c2Cl)C=CC(c2cc[nH]c(=O)c2)=CC1. The molecule has 1 aliphatic carbocycles. The lowest BCUT2D eigenvalue weighted by Gasteiger charge is -2.28. The number of carbonyl (C=O) groups is 1. The minimum absolute atomic E-state index is 0.120. The zero-order valence-corrected chi connectivity index (χ0v) is 14.9. The van der Waals surface area contributed by atoms with Crippen LogP contribution in [0.5, 0.6) is 0 Å². The maximum absolute atomic E-state index is 13.5. The van der Waals surface area contributed by atoms with Gasteiger partial charge in [0.25, 0.3) is 5.91 Å². The molecule has 1 aromatic carbocycles. The fourth-order valence-corrected chi connectivity index (χ4v) is 3.01. The van der Waals surface area contributed by atoms with Crippen LogP contribution in [0.1, 0.15) is 29.3 Å². The summed E-state index contributed by atoms with van der Waals surface area (Å²) in [6.07, 6.45) is 8.30. The van der Waals surface area contributed by atoms with Crippen molar-refractivity contribution in [1.29, 1.82) is 0 Å². The highest BCUT2D eigenvalue weighted by atomic mass is 35.5. The van der Waals surface area contributed by atoms with E-state index in [9.17, 15) is 14.0 Å². The molecule has 4 nitrogen and oxygen atoms in total. The summed E-state index contributed by atoms with van der Waals surface area (Å²) in [6.45, 7) is 2.40. The van der Waals surface area contributed by atoms with Gasteiger partial charge in [-0.3, -0.25) is 9.59 Å². The standard InChI is InChI=1S/C20H18ClFN2O2/c1-20(12-24-19(26)15-3-2-4-16(22)18(15)21)8-5-13(6-9-20)14-7-10-23-17(25)11-14/h2-8,10-11H,9,12H2,1H3,(H,23,25)(H,24,26). The van der Waals surface area contributed by atoms with Gasteiger partial charge in [-0.25, -0.2) is 4.39 Å². The first-order valence-corrected chi connectivity index (χ1v) is 8.56. The fourth-order valence-electron chi connectivity index (χ4n) is 2.80. The Balaban J connectivity index is 1.66. The Labute approximate surface area is 155 Å². The highest BCUT2D eigenvalue weighted by molar-refractivity contribution is 6.34. The number of amides is 1. The van der Waals surface area contributed by atoms with Crippen LogP contribution in [0.25, 0.3) is 5.57 Å². The zero-order valence-electron chi connectivity index (χ0n) is 14.2. The van der Waals surface area contributed by atoms with Gasteiger partial charge in [0, 0.05) is 24.2 Å². The number of benzene rings is 1.